The van der Waals surface area contributed by atoms with Crippen LogP contribution in [-0.4, -0.2) is 53.3 Å². The van der Waals surface area contributed by atoms with Crippen LogP contribution in [0.5, 0.6) is 0 Å². The van der Waals surface area contributed by atoms with E-state index in [1.807, 2.05) is 12.1 Å². The number of aliphatic hydroxyl groups excluding tert-OH is 1. The Kier molecular flexibility index (Phi) is 4.86. The van der Waals surface area contributed by atoms with Crippen molar-refractivity contribution < 1.29 is 24.4 Å². The molecule has 2 fully saturated rings. The Hall–Kier alpha value is -1.18. The molecule has 0 amide bonds. The van der Waals surface area contributed by atoms with E-state index < -0.39 is 23.8 Å². The van der Waals surface area contributed by atoms with Gasteiger partial charge in [0.2, 0.25) is 5.79 Å². The Morgan fingerprint density at radius 2 is 1.92 bits per heavy atom. The summed E-state index contributed by atoms with van der Waals surface area (Å²) in [6.07, 6.45) is -0.0172. The van der Waals surface area contributed by atoms with E-state index >= 15 is 0 Å². The molecule has 134 valence electrons. The van der Waals surface area contributed by atoms with Gasteiger partial charge in [-0.25, -0.2) is 0 Å². The van der Waals surface area contributed by atoms with Gasteiger partial charge in [-0.05, 0) is 38.0 Å². The van der Waals surface area contributed by atoms with Crippen LogP contribution in [0.3, 0.4) is 0 Å². The molecule has 1 aromatic carbocycles. The van der Waals surface area contributed by atoms with Gasteiger partial charge in [0, 0.05) is 5.69 Å². The van der Waals surface area contributed by atoms with Crippen molar-refractivity contribution in [3.8, 4) is 0 Å². The van der Waals surface area contributed by atoms with Crippen LogP contribution < -0.4 is 5.32 Å². The van der Waals surface area contributed by atoms with Crippen LogP contribution in [0.1, 0.15) is 32.8 Å². The number of hydrogen-bond acceptors (Lipinski definition) is 6. The van der Waals surface area contributed by atoms with Crippen LogP contribution >= 0.6 is 0 Å². The van der Waals surface area contributed by atoms with Crippen LogP contribution in [-0.2, 0) is 20.6 Å². The highest BCUT2D eigenvalue weighted by Crippen LogP contribution is 2.37. The van der Waals surface area contributed by atoms with Gasteiger partial charge in [-0.1, -0.05) is 25.5 Å². The van der Waals surface area contributed by atoms with E-state index in [0.29, 0.717) is 0 Å². The summed E-state index contributed by atoms with van der Waals surface area (Å²) >= 11 is 0. The second kappa shape index (κ2) is 6.61. The van der Waals surface area contributed by atoms with Gasteiger partial charge in [0.1, 0.15) is 18.3 Å². The second-order valence-electron chi connectivity index (χ2n) is 7.04. The van der Waals surface area contributed by atoms with E-state index in [9.17, 15) is 10.2 Å². The lowest BCUT2D eigenvalue weighted by atomic mass is 9.96. The average molecular weight is 337 g/mol. The normalized spacial score (nSPS) is 34.8. The third kappa shape index (κ3) is 3.58. The molecule has 24 heavy (non-hydrogen) atoms. The van der Waals surface area contributed by atoms with Crippen molar-refractivity contribution in [1.29, 1.82) is 0 Å². The van der Waals surface area contributed by atoms with Gasteiger partial charge < -0.3 is 29.7 Å². The molecule has 0 bridgehead atoms. The zero-order valence-corrected chi connectivity index (χ0v) is 14.5. The molecule has 4 atom stereocenters. The Morgan fingerprint density at radius 3 is 2.58 bits per heavy atom. The second-order valence-corrected chi connectivity index (χ2v) is 7.04. The summed E-state index contributed by atoms with van der Waals surface area (Å²) in [7, 11) is 0. The van der Waals surface area contributed by atoms with Gasteiger partial charge in [0.05, 0.1) is 13.2 Å². The monoisotopic (exact) mass is 337 g/mol. The first kappa shape index (κ1) is 17.6. The van der Waals surface area contributed by atoms with Gasteiger partial charge in [-0.15, -0.1) is 0 Å². The topological polar surface area (TPSA) is 80.2 Å². The molecule has 3 rings (SSSR count). The molecule has 6 heteroatoms. The molecule has 0 radical (unpaired) electrons. The van der Waals surface area contributed by atoms with Crippen molar-refractivity contribution in [2.45, 2.75) is 63.5 Å². The number of anilines is 1. The zero-order chi connectivity index (χ0) is 17.4. The minimum Gasteiger partial charge on any atom is -0.385 e. The largest absolute Gasteiger partial charge is 0.385 e. The molecule has 1 aromatic rings. The van der Waals surface area contributed by atoms with E-state index in [4.69, 9.17) is 14.2 Å². The average Bonchev–Trinajstić information content (AvgIpc) is 2.86. The Morgan fingerprint density at radius 1 is 1.21 bits per heavy atom. The van der Waals surface area contributed by atoms with Crippen molar-refractivity contribution in [2.24, 2.45) is 0 Å². The van der Waals surface area contributed by atoms with Gasteiger partial charge >= 0.3 is 0 Å². The van der Waals surface area contributed by atoms with E-state index in [2.05, 4.69) is 24.4 Å². The van der Waals surface area contributed by atoms with Crippen molar-refractivity contribution in [3.05, 3.63) is 29.8 Å². The maximum atomic E-state index is 10.7. The van der Waals surface area contributed by atoms with Crippen molar-refractivity contribution in [3.63, 3.8) is 0 Å². The lowest BCUT2D eigenvalue weighted by Crippen LogP contribution is -2.62. The number of hydrogen-bond donors (Lipinski definition) is 3. The number of rotatable bonds is 5. The number of aliphatic hydroxyl groups is 2. The van der Waals surface area contributed by atoms with E-state index in [0.717, 1.165) is 18.5 Å². The molecule has 0 spiro atoms. The first-order chi connectivity index (χ1) is 11.3. The fourth-order valence-electron chi connectivity index (χ4n) is 3.29. The van der Waals surface area contributed by atoms with Crippen molar-refractivity contribution in [1.82, 2.24) is 0 Å². The quantitative estimate of drug-likeness (QED) is 0.758. The summed E-state index contributed by atoms with van der Waals surface area (Å²) in [5.41, 5.74) is 2.14. The SMILES string of the molecule is CCCc1ccc(NC[C@@]2(O)OC[C@H]3OC(C)(C)O[C@H]3[C@@H]2O)cc1. The van der Waals surface area contributed by atoms with Crippen LogP contribution in [0.15, 0.2) is 24.3 Å². The standard InChI is InChI=1S/C18H27NO5/c1-4-5-12-6-8-13(9-7-12)19-11-18(21)16(20)15-14(10-22-18)23-17(2,3)24-15/h6-9,14-16,19-21H,4-5,10-11H2,1-3H3/t14-,15-,16+,18-/m1/s1. The number of aryl methyl sites for hydroxylation is 1. The van der Waals surface area contributed by atoms with Crippen LogP contribution in [0.25, 0.3) is 0 Å². The van der Waals surface area contributed by atoms with Crippen molar-refractivity contribution in [2.75, 3.05) is 18.5 Å². The summed E-state index contributed by atoms with van der Waals surface area (Å²) in [6, 6.07) is 8.04. The molecule has 0 aliphatic carbocycles. The highest BCUT2D eigenvalue weighted by atomic mass is 16.8. The zero-order valence-electron chi connectivity index (χ0n) is 14.5. The smallest absolute Gasteiger partial charge is 0.212 e. The Labute approximate surface area is 142 Å². The third-order valence-electron chi connectivity index (χ3n) is 4.53. The number of ether oxygens (including phenoxy) is 3. The van der Waals surface area contributed by atoms with Gasteiger partial charge in [-0.3, -0.25) is 0 Å². The van der Waals surface area contributed by atoms with Crippen LogP contribution in [0.4, 0.5) is 5.69 Å². The molecule has 6 nitrogen and oxygen atoms in total. The molecule has 3 N–H and O–H groups in total. The van der Waals surface area contributed by atoms with E-state index in [-0.39, 0.29) is 19.3 Å². The maximum absolute atomic E-state index is 10.7. The first-order valence-electron chi connectivity index (χ1n) is 8.56. The molecule has 2 aliphatic rings. The molecule has 2 aliphatic heterocycles. The van der Waals surface area contributed by atoms with Gasteiger partial charge in [0.25, 0.3) is 0 Å². The van der Waals surface area contributed by atoms with E-state index in [1.165, 1.54) is 5.56 Å². The highest BCUT2D eigenvalue weighted by molar-refractivity contribution is 5.45. The minimum absolute atomic E-state index is 0.0638. The third-order valence-corrected chi connectivity index (χ3v) is 4.53. The predicted molar refractivity (Wildman–Crippen MR) is 89.7 cm³/mol. The van der Waals surface area contributed by atoms with Crippen LogP contribution in [0, 0.1) is 0 Å². The lowest BCUT2D eigenvalue weighted by molar-refractivity contribution is -0.298. The summed E-state index contributed by atoms with van der Waals surface area (Å²) < 4.78 is 16.9. The molecule has 0 aromatic heterocycles. The number of fused-ring (bicyclic) bond motifs is 1. The number of benzene rings is 1. The van der Waals surface area contributed by atoms with Crippen LogP contribution in [0.2, 0.25) is 0 Å². The Bertz CT molecular complexity index is 561. The molecular weight excluding hydrogens is 310 g/mol. The number of nitrogens with one attached hydrogen (secondary N) is 1. The maximum Gasteiger partial charge on any atom is 0.212 e. The predicted octanol–water partition coefficient (Wildman–Crippen LogP) is 1.65. The van der Waals surface area contributed by atoms with Gasteiger partial charge in [-0.2, -0.15) is 0 Å². The molecule has 2 heterocycles. The Balaban J connectivity index is 1.62. The van der Waals surface area contributed by atoms with E-state index in [1.54, 1.807) is 13.8 Å². The summed E-state index contributed by atoms with van der Waals surface area (Å²) in [5, 5.41) is 24.3. The highest BCUT2D eigenvalue weighted by Gasteiger charge is 2.56. The molecule has 0 saturated carbocycles. The summed E-state index contributed by atoms with van der Waals surface area (Å²) in [4.78, 5) is 0. The minimum atomic E-state index is -1.72. The fourth-order valence-corrected chi connectivity index (χ4v) is 3.29. The first-order valence-corrected chi connectivity index (χ1v) is 8.56. The summed E-state index contributed by atoms with van der Waals surface area (Å²) in [5.74, 6) is -2.50. The molecule has 0 unspecified atom stereocenters. The van der Waals surface area contributed by atoms with Gasteiger partial charge in [0.15, 0.2) is 5.79 Å². The lowest BCUT2D eigenvalue weighted by Gasteiger charge is -2.41. The van der Waals surface area contributed by atoms with Crippen molar-refractivity contribution >= 4 is 5.69 Å². The summed E-state index contributed by atoms with van der Waals surface area (Å²) in [6.45, 7) is 5.96. The molecule has 2 saturated heterocycles. The molecular formula is C18H27NO5. The fraction of sp³-hybridized carbons (Fsp3) is 0.667.